The fourth-order valence-corrected chi connectivity index (χ4v) is 6.41. The highest BCUT2D eigenvalue weighted by Crippen LogP contribution is 2.42. The average molecular weight is 579 g/mol. The molecule has 1 saturated heterocycles. The number of carbonyl (C=O) groups is 3. The fraction of sp³-hybridized carbons (Fsp3) is 0.207. The molecule has 9 nitrogen and oxygen atoms in total. The summed E-state index contributed by atoms with van der Waals surface area (Å²) < 4.78 is 35.1. The van der Waals surface area contributed by atoms with Gasteiger partial charge in [0.1, 0.15) is 11.4 Å². The topological polar surface area (TPSA) is 119 Å². The van der Waals surface area contributed by atoms with Crippen LogP contribution < -0.4 is 5.32 Å². The van der Waals surface area contributed by atoms with E-state index >= 15 is 0 Å². The third-order valence-corrected chi connectivity index (χ3v) is 8.09. The molecule has 0 saturated carbocycles. The van der Waals surface area contributed by atoms with Crippen molar-refractivity contribution in [3.05, 3.63) is 119 Å². The van der Waals surface area contributed by atoms with Crippen LogP contribution in [0.3, 0.4) is 0 Å². The van der Waals surface area contributed by atoms with Crippen molar-refractivity contribution in [1.82, 2.24) is 10.2 Å². The number of benzene rings is 3. The van der Waals surface area contributed by atoms with Gasteiger partial charge in [-0.1, -0.05) is 91.0 Å². The van der Waals surface area contributed by atoms with Gasteiger partial charge in [-0.05, 0) is 16.7 Å². The standard InChI is InChI=1S/C29H26N2O7S2/c1-40(35,36)38-22-18-39-28-24(30-23(32)17-19-11-5-2-6-12-19)27(33)31(28)25(22)29(34)37-26(20-13-7-3-8-14-20)21-15-9-4-10-16-21/h2-16,24,26,28H,17-18H2,1H3,(H,30,32)/t24-,28?/m1/s1. The van der Waals surface area contributed by atoms with Crippen molar-refractivity contribution in [2.45, 2.75) is 23.9 Å². The van der Waals surface area contributed by atoms with Gasteiger partial charge in [0.25, 0.3) is 5.91 Å². The predicted molar refractivity (Wildman–Crippen MR) is 149 cm³/mol. The van der Waals surface area contributed by atoms with Crippen LogP contribution in [0, 0.1) is 0 Å². The number of amides is 2. The van der Waals surface area contributed by atoms with E-state index < -0.39 is 39.5 Å². The van der Waals surface area contributed by atoms with Gasteiger partial charge in [0.15, 0.2) is 17.6 Å². The average Bonchev–Trinajstić information content (AvgIpc) is 2.95. The number of esters is 1. The zero-order valence-electron chi connectivity index (χ0n) is 21.4. The normalized spacial score (nSPS) is 18.6. The Bertz CT molecular complexity index is 1510. The third kappa shape index (κ3) is 6.05. The van der Waals surface area contributed by atoms with Crippen LogP contribution in [-0.2, 0) is 39.8 Å². The minimum Gasteiger partial charge on any atom is -0.448 e. The lowest BCUT2D eigenvalue weighted by atomic mass is 10.0. The molecule has 2 aliphatic heterocycles. The van der Waals surface area contributed by atoms with E-state index in [1.54, 1.807) is 24.3 Å². The Hall–Kier alpha value is -4.09. The summed E-state index contributed by atoms with van der Waals surface area (Å²) >= 11 is 1.19. The molecule has 0 aliphatic carbocycles. The van der Waals surface area contributed by atoms with E-state index in [1.807, 2.05) is 66.7 Å². The van der Waals surface area contributed by atoms with Gasteiger partial charge in [0.05, 0.1) is 18.4 Å². The van der Waals surface area contributed by atoms with E-state index in [0.29, 0.717) is 11.1 Å². The van der Waals surface area contributed by atoms with Crippen molar-refractivity contribution in [2.24, 2.45) is 0 Å². The van der Waals surface area contributed by atoms with Crippen molar-refractivity contribution in [1.29, 1.82) is 0 Å². The molecule has 40 heavy (non-hydrogen) atoms. The van der Waals surface area contributed by atoms with Crippen LogP contribution in [0.5, 0.6) is 0 Å². The van der Waals surface area contributed by atoms with Crippen molar-refractivity contribution in [3.63, 3.8) is 0 Å². The molecule has 3 aromatic carbocycles. The van der Waals surface area contributed by atoms with Crippen LogP contribution in [0.25, 0.3) is 0 Å². The highest BCUT2D eigenvalue weighted by molar-refractivity contribution is 8.00. The molecule has 2 heterocycles. The van der Waals surface area contributed by atoms with Crippen LogP contribution in [0.15, 0.2) is 102 Å². The second kappa shape index (κ2) is 11.6. The summed E-state index contributed by atoms with van der Waals surface area (Å²) in [5.41, 5.74) is 1.89. The van der Waals surface area contributed by atoms with E-state index in [-0.39, 0.29) is 29.5 Å². The van der Waals surface area contributed by atoms with Gasteiger partial charge < -0.3 is 14.2 Å². The molecule has 11 heteroatoms. The Morgan fingerprint density at radius 1 is 0.950 bits per heavy atom. The maximum Gasteiger partial charge on any atom is 0.359 e. The molecule has 2 aliphatic rings. The van der Waals surface area contributed by atoms with Crippen LogP contribution in [-0.4, -0.2) is 54.5 Å². The van der Waals surface area contributed by atoms with E-state index in [9.17, 15) is 22.8 Å². The molecule has 2 amide bonds. The lowest BCUT2D eigenvalue weighted by Crippen LogP contribution is -2.70. The van der Waals surface area contributed by atoms with Gasteiger partial charge in [-0.15, -0.1) is 11.8 Å². The number of carbonyl (C=O) groups excluding carboxylic acids is 3. The Morgan fingerprint density at radius 3 is 2.05 bits per heavy atom. The first kappa shape index (κ1) is 27.5. The molecule has 0 radical (unpaired) electrons. The Kier molecular flexibility index (Phi) is 7.95. The number of rotatable bonds is 9. The first-order valence-electron chi connectivity index (χ1n) is 12.4. The summed E-state index contributed by atoms with van der Waals surface area (Å²) in [7, 11) is -4.01. The van der Waals surface area contributed by atoms with Crippen molar-refractivity contribution >= 4 is 39.7 Å². The number of β-lactam (4-membered cyclic amide) rings is 1. The number of nitrogens with zero attached hydrogens (tertiary/aromatic N) is 1. The van der Waals surface area contributed by atoms with Gasteiger partial charge in [-0.3, -0.25) is 14.5 Å². The molecule has 0 spiro atoms. The molecule has 0 aromatic heterocycles. The smallest absolute Gasteiger partial charge is 0.359 e. The SMILES string of the molecule is CS(=O)(=O)OC1=C(C(=O)OC(c2ccccc2)c2ccccc2)N2C(=O)[C@@H](NC(=O)Cc3ccccc3)C2SC1. The molecule has 206 valence electrons. The summed E-state index contributed by atoms with van der Waals surface area (Å²) in [4.78, 5) is 40.8. The first-order valence-corrected chi connectivity index (χ1v) is 15.3. The van der Waals surface area contributed by atoms with E-state index in [4.69, 9.17) is 8.92 Å². The predicted octanol–water partition coefficient (Wildman–Crippen LogP) is 3.15. The number of nitrogens with one attached hydrogen (secondary N) is 1. The molecule has 1 unspecified atom stereocenters. The molecular weight excluding hydrogens is 552 g/mol. The largest absolute Gasteiger partial charge is 0.448 e. The number of thioether (sulfide) groups is 1. The van der Waals surface area contributed by atoms with Crippen LogP contribution in [0.2, 0.25) is 0 Å². The van der Waals surface area contributed by atoms with Crippen molar-refractivity contribution in [3.8, 4) is 0 Å². The number of fused-ring (bicyclic) bond motifs is 1. The highest BCUT2D eigenvalue weighted by Gasteiger charge is 2.55. The molecule has 1 N–H and O–H groups in total. The lowest BCUT2D eigenvalue weighted by Gasteiger charge is -2.49. The monoisotopic (exact) mass is 578 g/mol. The van der Waals surface area contributed by atoms with Crippen LogP contribution >= 0.6 is 11.8 Å². The van der Waals surface area contributed by atoms with Crippen molar-refractivity contribution < 1.29 is 31.7 Å². The lowest BCUT2D eigenvalue weighted by molar-refractivity contribution is -0.155. The maximum atomic E-state index is 13.7. The highest BCUT2D eigenvalue weighted by atomic mass is 32.2. The number of hydrogen-bond donors (Lipinski definition) is 1. The molecule has 1 fully saturated rings. The zero-order chi connectivity index (χ0) is 28.3. The summed E-state index contributed by atoms with van der Waals surface area (Å²) in [5, 5.41) is 2.11. The second-order valence-corrected chi connectivity index (χ2v) is 12.0. The van der Waals surface area contributed by atoms with E-state index in [2.05, 4.69) is 5.32 Å². The fourth-order valence-electron chi connectivity index (χ4n) is 4.58. The Balaban J connectivity index is 1.41. The molecule has 2 atom stereocenters. The Morgan fingerprint density at radius 2 is 1.50 bits per heavy atom. The minimum absolute atomic E-state index is 0.0155. The molecule has 3 aromatic rings. The molecular formula is C29H26N2O7S2. The second-order valence-electron chi connectivity index (χ2n) is 9.28. The summed E-state index contributed by atoms with van der Waals surface area (Å²) in [5.74, 6) is -2.03. The molecule has 5 rings (SSSR count). The van der Waals surface area contributed by atoms with Crippen LogP contribution in [0.1, 0.15) is 22.8 Å². The Labute approximate surface area is 236 Å². The summed E-state index contributed by atoms with van der Waals surface area (Å²) in [6.45, 7) is 0. The summed E-state index contributed by atoms with van der Waals surface area (Å²) in [6.07, 6.45) is 0.124. The number of hydrogen-bond acceptors (Lipinski definition) is 8. The van der Waals surface area contributed by atoms with Gasteiger partial charge in [-0.2, -0.15) is 8.42 Å². The number of ether oxygens (including phenoxy) is 1. The first-order chi connectivity index (χ1) is 19.2. The van der Waals surface area contributed by atoms with Gasteiger partial charge in [-0.25, -0.2) is 4.79 Å². The van der Waals surface area contributed by atoms with Crippen molar-refractivity contribution in [2.75, 3.05) is 12.0 Å². The van der Waals surface area contributed by atoms with Crippen LogP contribution in [0.4, 0.5) is 0 Å². The van der Waals surface area contributed by atoms with Gasteiger partial charge in [0, 0.05) is 0 Å². The van der Waals surface area contributed by atoms with E-state index in [1.165, 1.54) is 11.8 Å². The maximum absolute atomic E-state index is 13.7. The quantitative estimate of drug-likeness (QED) is 0.234. The van der Waals surface area contributed by atoms with Gasteiger partial charge in [0.2, 0.25) is 5.91 Å². The molecule has 0 bridgehead atoms. The minimum atomic E-state index is -4.01. The third-order valence-electron chi connectivity index (χ3n) is 6.33. The van der Waals surface area contributed by atoms with E-state index in [0.717, 1.165) is 16.7 Å². The van der Waals surface area contributed by atoms with Gasteiger partial charge >= 0.3 is 16.1 Å². The zero-order valence-corrected chi connectivity index (χ0v) is 23.1. The summed E-state index contributed by atoms with van der Waals surface area (Å²) in [6, 6.07) is 26.4.